The molecule has 5 rings (SSSR count). The molecule has 0 unspecified atom stereocenters. The van der Waals surface area contributed by atoms with Gasteiger partial charge in [0.2, 0.25) is 5.71 Å². The molecule has 0 atom stereocenters. The number of pyridine rings is 2. The van der Waals surface area contributed by atoms with Crippen molar-refractivity contribution in [3.63, 3.8) is 0 Å². The van der Waals surface area contributed by atoms with Crippen molar-refractivity contribution in [1.82, 2.24) is 9.97 Å². The highest BCUT2D eigenvalue weighted by Gasteiger charge is 2.39. The Morgan fingerprint density at radius 2 is 1.77 bits per heavy atom. The van der Waals surface area contributed by atoms with Crippen LogP contribution in [0.1, 0.15) is 65.5 Å². The van der Waals surface area contributed by atoms with Gasteiger partial charge in [0.05, 0.1) is 5.69 Å². The summed E-state index contributed by atoms with van der Waals surface area (Å²) in [6.07, 6.45) is 4.69. The molecule has 1 aliphatic rings. The van der Waals surface area contributed by atoms with E-state index in [4.69, 9.17) is 4.42 Å². The molecule has 0 amide bonds. The van der Waals surface area contributed by atoms with E-state index in [1.807, 2.05) is 31.3 Å². The molecule has 3 heteroatoms. The standard InChI is InChI=1S/C27H30N2O/c1-17-9-10-21-20-7-6-8-22(24(20)30-25(21)29-17)23-13-18(11-12-28-23)19-14-26(2,3)16-27(4,5)15-19/h6-13,19H,14-16H2,1-5H3/i19D. The topological polar surface area (TPSA) is 38.9 Å². The van der Waals surface area contributed by atoms with Gasteiger partial charge in [0.15, 0.2) is 0 Å². The van der Waals surface area contributed by atoms with Crippen LogP contribution < -0.4 is 0 Å². The first-order chi connectivity index (χ1) is 14.6. The monoisotopic (exact) mass is 399 g/mol. The van der Waals surface area contributed by atoms with E-state index in [1.165, 1.54) is 0 Å². The molecule has 1 fully saturated rings. The summed E-state index contributed by atoms with van der Waals surface area (Å²) in [5.74, 6) is -0.622. The van der Waals surface area contributed by atoms with E-state index in [0.717, 1.165) is 58.1 Å². The number of fused-ring (bicyclic) bond motifs is 3. The van der Waals surface area contributed by atoms with Crippen LogP contribution in [0.15, 0.2) is 53.1 Å². The lowest BCUT2D eigenvalue weighted by Gasteiger charge is -2.45. The fourth-order valence-corrected chi connectivity index (χ4v) is 5.61. The number of hydrogen-bond donors (Lipinski definition) is 0. The lowest BCUT2D eigenvalue weighted by molar-refractivity contribution is 0.0969. The molecule has 30 heavy (non-hydrogen) atoms. The first-order valence-electron chi connectivity index (χ1n) is 11.3. The zero-order valence-corrected chi connectivity index (χ0v) is 18.5. The normalized spacial score (nSPS) is 20.4. The number of rotatable bonds is 2. The summed E-state index contributed by atoms with van der Waals surface area (Å²) in [5.41, 5.74) is 5.52. The second-order valence-electron chi connectivity index (χ2n) is 10.5. The Kier molecular flexibility index (Phi) is 4.02. The van der Waals surface area contributed by atoms with Crippen molar-refractivity contribution in [2.75, 3.05) is 0 Å². The number of furan rings is 1. The summed E-state index contributed by atoms with van der Waals surface area (Å²) in [4.78, 5) is 9.25. The molecule has 0 radical (unpaired) electrons. The van der Waals surface area contributed by atoms with E-state index in [9.17, 15) is 1.37 Å². The molecule has 0 saturated heterocycles. The summed E-state index contributed by atoms with van der Waals surface area (Å²) in [7, 11) is 0. The molecule has 1 aromatic carbocycles. The van der Waals surface area contributed by atoms with E-state index in [0.29, 0.717) is 5.71 Å². The van der Waals surface area contributed by atoms with Gasteiger partial charge in [-0.15, -0.1) is 0 Å². The molecule has 3 nitrogen and oxygen atoms in total. The molecule has 1 aliphatic carbocycles. The Balaban J connectivity index is 1.64. The molecule has 3 heterocycles. The van der Waals surface area contributed by atoms with Crippen LogP contribution in [0.2, 0.25) is 0 Å². The number of aryl methyl sites for hydroxylation is 1. The van der Waals surface area contributed by atoms with Crippen molar-refractivity contribution in [3.8, 4) is 11.3 Å². The maximum absolute atomic E-state index is 9.45. The van der Waals surface area contributed by atoms with Crippen LogP contribution in [-0.4, -0.2) is 9.97 Å². The molecule has 0 N–H and O–H groups in total. The fourth-order valence-electron chi connectivity index (χ4n) is 5.61. The molecule has 3 aromatic heterocycles. The first-order valence-corrected chi connectivity index (χ1v) is 10.8. The van der Waals surface area contributed by atoms with Gasteiger partial charge in [0, 0.05) is 29.6 Å². The lowest BCUT2D eigenvalue weighted by atomic mass is 9.60. The summed E-state index contributed by atoms with van der Waals surface area (Å²) in [6.45, 7) is 11.2. The Labute approximate surface area is 179 Å². The average molecular weight is 400 g/mol. The van der Waals surface area contributed by atoms with Gasteiger partial charge in [-0.05, 0) is 78.8 Å². The smallest absolute Gasteiger partial charge is 0.227 e. The molecule has 4 aromatic rings. The fraction of sp³-hybridized carbons (Fsp3) is 0.407. The van der Waals surface area contributed by atoms with Gasteiger partial charge in [-0.3, -0.25) is 4.98 Å². The van der Waals surface area contributed by atoms with Gasteiger partial charge in [-0.2, -0.15) is 0 Å². The largest absolute Gasteiger partial charge is 0.437 e. The highest BCUT2D eigenvalue weighted by molar-refractivity contribution is 6.08. The number of benzene rings is 1. The van der Waals surface area contributed by atoms with Gasteiger partial charge in [-0.25, -0.2) is 4.98 Å². The first kappa shape index (κ1) is 18.1. The average Bonchev–Trinajstić information content (AvgIpc) is 3.02. The van der Waals surface area contributed by atoms with E-state index < -0.39 is 5.89 Å². The summed E-state index contributed by atoms with van der Waals surface area (Å²) in [6, 6.07) is 14.4. The highest BCUT2D eigenvalue weighted by atomic mass is 16.3. The number of aromatic nitrogens is 2. The molecular formula is C27H30N2O. The van der Waals surface area contributed by atoms with E-state index in [1.54, 1.807) is 0 Å². The maximum atomic E-state index is 9.45. The molecular weight excluding hydrogens is 368 g/mol. The zero-order valence-electron chi connectivity index (χ0n) is 19.5. The third-order valence-electron chi connectivity index (χ3n) is 6.29. The Hall–Kier alpha value is -2.68. The SMILES string of the molecule is [2H]C1(c2ccnc(-c3cccc4c3oc3nc(C)ccc34)c2)CC(C)(C)CC(C)(C)C1. The van der Waals surface area contributed by atoms with Gasteiger partial charge >= 0.3 is 0 Å². The minimum Gasteiger partial charge on any atom is -0.437 e. The third kappa shape index (κ3) is 3.40. The van der Waals surface area contributed by atoms with Gasteiger partial charge in [0.1, 0.15) is 5.58 Å². The lowest BCUT2D eigenvalue weighted by Crippen LogP contribution is -2.32. The van der Waals surface area contributed by atoms with Gasteiger partial charge < -0.3 is 4.42 Å². The van der Waals surface area contributed by atoms with Crippen LogP contribution in [-0.2, 0) is 0 Å². The molecule has 0 spiro atoms. The van der Waals surface area contributed by atoms with E-state index in [2.05, 4.69) is 61.9 Å². The van der Waals surface area contributed by atoms with Crippen LogP contribution in [0.4, 0.5) is 0 Å². The molecule has 1 saturated carbocycles. The summed E-state index contributed by atoms with van der Waals surface area (Å²) < 4.78 is 15.6. The second kappa shape index (κ2) is 6.66. The zero-order chi connectivity index (χ0) is 22.0. The van der Waals surface area contributed by atoms with Crippen LogP contribution >= 0.6 is 0 Å². The van der Waals surface area contributed by atoms with Crippen LogP contribution in [0.3, 0.4) is 0 Å². The summed E-state index contributed by atoms with van der Waals surface area (Å²) in [5, 5.41) is 2.07. The van der Waals surface area contributed by atoms with Crippen LogP contribution in [0.25, 0.3) is 33.3 Å². The number of nitrogens with zero attached hydrogens (tertiary/aromatic N) is 2. The van der Waals surface area contributed by atoms with E-state index >= 15 is 0 Å². The number of hydrogen-bond acceptors (Lipinski definition) is 3. The predicted molar refractivity (Wildman–Crippen MR) is 124 cm³/mol. The van der Waals surface area contributed by atoms with Crippen molar-refractivity contribution in [1.29, 1.82) is 0 Å². The Bertz CT molecular complexity index is 1290. The minimum absolute atomic E-state index is 0.134. The van der Waals surface area contributed by atoms with Crippen LogP contribution in [0.5, 0.6) is 0 Å². The quantitative estimate of drug-likeness (QED) is 0.347. The van der Waals surface area contributed by atoms with Crippen molar-refractivity contribution in [2.45, 2.75) is 59.8 Å². The van der Waals surface area contributed by atoms with Gasteiger partial charge in [-0.1, -0.05) is 39.8 Å². The maximum Gasteiger partial charge on any atom is 0.227 e. The van der Waals surface area contributed by atoms with Crippen molar-refractivity contribution >= 4 is 22.1 Å². The highest BCUT2D eigenvalue weighted by Crippen LogP contribution is 2.52. The summed E-state index contributed by atoms with van der Waals surface area (Å²) >= 11 is 0. The van der Waals surface area contributed by atoms with Gasteiger partial charge in [0.25, 0.3) is 0 Å². The molecule has 154 valence electrons. The second-order valence-corrected chi connectivity index (χ2v) is 10.5. The van der Waals surface area contributed by atoms with Crippen molar-refractivity contribution < 1.29 is 5.79 Å². The Morgan fingerprint density at radius 3 is 2.53 bits per heavy atom. The number of para-hydroxylation sites is 1. The minimum atomic E-state index is -0.622. The van der Waals surface area contributed by atoms with Crippen molar-refractivity contribution in [3.05, 3.63) is 59.9 Å². The van der Waals surface area contributed by atoms with E-state index in [-0.39, 0.29) is 10.8 Å². The third-order valence-corrected chi connectivity index (χ3v) is 6.29. The van der Waals surface area contributed by atoms with Crippen LogP contribution in [0, 0.1) is 17.8 Å². The molecule has 0 bridgehead atoms. The van der Waals surface area contributed by atoms with Crippen molar-refractivity contribution in [2.24, 2.45) is 10.8 Å². The predicted octanol–water partition coefficient (Wildman–Crippen LogP) is 7.67. The Morgan fingerprint density at radius 1 is 1.00 bits per heavy atom. The molecule has 0 aliphatic heterocycles.